The van der Waals surface area contributed by atoms with Gasteiger partial charge in [-0.1, -0.05) is 6.07 Å². The van der Waals surface area contributed by atoms with Crippen LogP contribution < -0.4 is 15.4 Å². The quantitative estimate of drug-likeness (QED) is 0.495. The summed E-state index contributed by atoms with van der Waals surface area (Å²) >= 11 is 2.77. The Balaban J connectivity index is 1.50. The molecule has 2 aromatic heterocycles. The predicted octanol–water partition coefficient (Wildman–Crippen LogP) is 3.62. The molecule has 1 unspecified atom stereocenters. The van der Waals surface area contributed by atoms with Crippen LogP contribution in [0.25, 0.3) is 0 Å². The lowest BCUT2D eigenvalue weighted by atomic mass is 10.00. The van der Waals surface area contributed by atoms with Crippen molar-refractivity contribution in [1.82, 2.24) is 10.3 Å². The molecule has 10 heteroatoms. The Morgan fingerprint density at radius 3 is 2.97 bits per heavy atom. The first-order valence-electron chi connectivity index (χ1n) is 10.3. The van der Waals surface area contributed by atoms with E-state index in [0.29, 0.717) is 46.1 Å². The number of nitriles is 1. The molecule has 0 fully saturated rings. The van der Waals surface area contributed by atoms with Gasteiger partial charge in [-0.3, -0.25) is 10.1 Å². The van der Waals surface area contributed by atoms with E-state index >= 15 is 0 Å². The van der Waals surface area contributed by atoms with Gasteiger partial charge in [0.25, 0.3) is 5.91 Å². The Labute approximate surface area is 199 Å². The van der Waals surface area contributed by atoms with E-state index in [-0.39, 0.29) is 12.5 Å². The number of amides is 1. The smallest absolute Gasteiger partial charge is 0.328 e. The summed E-state index contributed by atoms with van der Waals surface area (Å²) in [5, 5.41) is 16.2. The summed E-state index contributed by atoms with van der Waals surface area (Å²) in [6, 6.07) is 8.30. The summed E-state index contributed by atoms with van der Waals surface area (Å²) < 4.78 is 10.7. The number of aryl methyl sites for hydroxylation is 1. The van der Waals surface area contributed by atoms with E-state index in [4.69, 9.17) is 9.47 Å². The standard InChI is InChI=1S/C23H22N4O4S2/c1-13-18(32-12-26-13)7-9-31-23(29)19-20-16(6-8-25-19)17(11-24)22(33-20)27-21(28)14-4-3-5-15(10-14)30-2/h3-5,10,12,19,25H,6-9H2,1-2H3,(H,27,28). The van der Waals surface area contributed by atoms with Crippen LogP contribution in [0.2, 0.25) is 0 Å². The van der Waals surface area contributed by atoms with Gasteiger partial charge in [0.1, 0.15) is 22.9 Å². The fourth-order valence-corrected chi connectivity index (χ4v) is 5.65. The monoisotopic (exact) mass is 482 g/mol. The number of esters is 1. The molecule has 1 amide bonds. The van der Waals surface area contributed by atoms with Gasteiger partial charge in [-0.2, -0.15) is 5.26 Å². The largest absolute Gasteiger partial charge is 0.497 e. The molecule has 2 N–H and O–H groups in total. The molecule has 0 bridgehead atoms. The van der Waals surface area contributed by atoms with Crippen molar-refractivity contribution in [2.75, 3.05) is 25.6 Å². The number of anilines is 1. The van der Waals surface area contributed by atoms with Crippen molar-refractivity contribution in [3.63, 3.8) is 0 Å². The van der Waals surface area contributed by atoms with Crippen LogP contribution in [-0.4, -0.2) is 37.1 Å². The van der Waals surface area contributed by atoms with Crippen molar-refractivity contribution < 1.29 is 19.1 Å². The molecule has 1 aliphatic rings. The van der Waals surface area contributed by atoms with E-state index in [1.807, 2.05) is 6.92 Å². The molecule has 1 aliphatic heterocycles. The molecular formula is C23H22N4O4S2. The van der Waals surface area contributed by atoms with E-state index in [9.17, 15) is 14.9 Å². The van der Waals surface area contributed by atoms with E-state index in [0.717, 1.165) is 16.1 Å². The molecule has 4 rings (SSSR count). The zero-order valence-electron chi connectivity index (χ0n) is 18.1. The average molecular weight is 483 g/mol. The van der Waals surface area contributed by atoms with E-state index in [1.54, 1.807) is 29.8 Å². The van der Waals surface area contributed by atoms with Gasteiger partial charge in [0.15, 0.2) is 0 Å². The lowest BCUT2D eigenvalue weighted by Gasteiger charge is -2.22. The van der Waals surface area contributed by atoms with Crippen molar-refractivity contribution in [3.8, 4) is 11.8 Å². The fraction of sp³-hybridized carbons (Fsp3) is 0.304. The van der Waals surface area contributed by atoms with Crippen LogP contribution in [0.15, 0.2) is 29.8 Å². The predicted molar refractivity (Wildman–Crippen MR) is 126 cm³/mol. The number of aromatic nitrogens is 1. The third kappa shape index (κ3) is 4.90. The van der Waals surface area contributed by atoms with Gasteiger partial charge in [0.2, 0.25) is 0 Å². The second kappa shape index (κ2) is 10.1. The highest BCUT2D eigenvalue weighted by molar-refractivity contribution is 7.17. The minimum Gasteiger partial charge on any atom is -0.497 e. The zero-order valence-corrected chi connectivity index (χ0v) is 19.8. The van der Waals surface area contributed by atoms with Crippen molar-refractivity contribution in [3.05, 3.63) is 61.9 Å². The molecule has 3 aromatic rings. The first-order valence-corrected chi connectivity index (χ1v) is 12.0. The number of carbonyl (C=O) groups excluding carboxylic acids is 2. The number of ether oxygens (including phenoxy) is 2. The van der Waals surface area contributed by atoms with Crippen LogP contribution >= 0.6 is 22.7 Å². The van der Waals surface area contributed by atoms with Crippen molar-refractivity contribution in [2.45, 2.75) is 25.8 Å². The number of nitrogens with one attached hydrogen (secondary N) is 2. The Bertz CT molecular complexity index is 1230. The van der Waals surface area contributed by atoms with Gasteiger partial charge >= 0.3 is 5.97 Å². The lowest BCUT2D eigenvalue weighted by molar-refractivity contribution is -0.146. The van der Waals surface area contributed by atoms with Gasteiger partial charge in [0, 0.05) is 28.3 Å². The number of nitrogens with zero attached hydrogens (tertiary/aromatic N) is 2. The number of hydrogen-bond acceptors (Lipinski definition) is 9. The van der Waals surface area contributed by atoms with Gasteiger partial charge in [-0.15, -0.1) is 22.7 Å². The van der Waals surface area contributed by atoms with Gasteiger partial charge < -0.3 is 14.8 Å². The van der Waals surface area contributed by atoms with Crippen LogP contribution in [-0.2, 0) is 22.4 Å². The molecule has 170 valence electrons. The Morgan fingerprint density at radius 2 is 2.24 bits per heavy atom. The maximum Gasteiger partial charge on any atom is 0.328 e. The van der Waals surface area contributed by atoms with Crippen LogP contribution in [0.1, 0.15) is 43.0 Å². The molecule has 0 spiro atoms. The van der Waals surface area contributed by atoms with Gasteiger partial charge in [-0.05, 0) is 37.1 Å². The molecule has 1 atom stereocenters. The second-order valence-electron chi connectivity index (χ2n) is 7.36. The molecule has 0 radical (unpaired) electrons. The molecule has 0 saturated heterocycles. The highest BCUT2D eigenvalue weighted by Gasteiger charge is 2.33. The maximum atomic E-state index is 12.8. The highest BCUT2D eigenvalue weighted by atomic mass is 32.1. The van der Waals surface area contributed by atoms with Crippen LogP contribution in [0.5, 0.6) is 5.75 Å². The number of rotatable bonds is 7. The topological polar surface area (TPSA) is 113 Å². The first kappa shape index (κ1) is 22.9. The average Bonchev–Trinajstić information content (AvgIpc) is 3.40. The van der Waals surface area contributed by atoms with E-state index in [2.05, 4.69) is 21.7 Å². The number of carbonyl (C=O) groups is 2. The summed E-state index contributed by atoms with van der Waals surface area (Å²) in [4.78, 5) is 31.6. The normalized spacial score (nSPS) is 14.8. The summed E-state index contributed by atoms with van der Waals surface area (Å²) in [6.07, 6.45) is 1.20. The number of hydrogen-bond donors (Lipinski definition) is 2. The minimum absolute atomic E-state index is 0.255. The Kier molecular flexibility index (Phi) is 7.03. The molecule has 1 aromatic carbocycles. The van der Waals surface area contributed by atoms with Crippen molar-refractivity contribution in [1.29, 1.82) is 5.26 Å². The van der Waals surface area contributed by atoms with E-state index < -0.39 is 12.0 Å². The highest BCUT2D eigenvalue weighted by Crippen LogP contribution is 2.39. The van der Waals surface area contributed by atoms with Crippen LogP contribution in [0.4, 0.5) is 5.00 Å². The summed E-state index contributed by atoms with van der Waals surface area (Å²) in [5.74, 6) is -0.181. The number of thiazole rings is 1. The molecule has 8 nitrogen and oxygen atoms in total. The minimum atomic E-state index is -0.670. The zero-order chi connectivity index (χ0) is 23.4. The van der Waals surface area contributed by atoms with Crippen LogP contribution in [0, 0.1) is 18.3 Å². The van der Waals surface area contributed by atoms with Crippen molar-refractivity contribution >= 4 is 39.6 Å². The van der Waals surface area contributed by atoms with Crippen molar-refractivity contribution in [2.24, 2.45) is 0 Å². The third-order valence-electron chi connectivity index (χ3n) is 5.35. The Morgan fingerprint density at radius 1 is 1.39 bits per heavy atom. The number of benzene rings is 1. The van der Waals surface area contributed by atoms with Gasteiger partial charge in [0.05, 0.1) is 30.5 Å². The summed E-state index contributed by atoms with van der Waals surface area (Å²) in [5.41, 5.74) is 4.31. The molecule has 0 saturated carbocycles. The molecular weight excluding hydrogens is 460 g/mol. The fourth-order valence-electron chi connectivity index (χ4n) is 3.63. The third-order valence-corrected chi connectivity index (χ3v) is 7.56. The summed E-state index contributed by atoms with van der Waals surface area (Å²) in [7, 11) is 1.53. The second-order valence-corrected chi connectivity index (χ2v) is 9.35. The maximum absolute atomic E-state index is 12.8. The molecule has 33 heavy (non-hydrogen) atoms. The van der Waals surface area contributed by atoms with Gasteiger partial charge in [-0.25, -0.2) is 9.78 Å². The Hall–Kier alpha value is -3.26. The number of fused-ring (bicyclic) bond motifs is 1. The first-order chi connectivity index (χ1) is 16.0. The summed E-state index contributed by atoms with van der Waals surface area (Å²) in [6.45, 7) is 2.72. The SMILES string of the molecule is COc1cccc(C(=O)Nc2sc3c(c2C#N)CCNC3C(=O)OCCc2scnc2C)c1. The number of thiophene rings is 1. The number of methoxy groups -OCH3 is 1. The van der Waals surface area contributed by atoms with E-state index in [1.165, 1.54) is 29.8 Å². The lowest BCUT2D eigenvalue weighted by Crippen LogP contribution is -2.35. The molecule has 3 heterocycles. The molecule has 0 aliphatic carbocycles. The van der Waals surface area contributed by atoms with Crippen LogP contribution in [0.3, 0.4) is 0 Å².